The van der Waals surface area contributed by atoms with Gasteiger partial charge in [0.2, 0.25) is 10.0 Å². The van der Waals surface area contributed by atoms with Crippen molar-refractivity contribution in [3.8, 4) is 0 Å². The second kappa shape index (κ2) is 9.67. The number of nitrogens with zero attached hydrogens (tertiary/aromatic N) is 3. The smallest absolute Gasteiger partial charge is 0.278 e. The number of hydrogen-bond acceptors (Lipinski definition) is 5. The van der Waals surface area contributed by atoms with Gasteiger partial charge in [0, 0.05) is 17.1 Å². The molecule has 2 heterocycles. The first kappa shape index (κ1) is 21.7. The Hall–Kier alpha value is -2.00. The number of amides is 1. The standard InChI is InChI=1S/C20H28N4O3S2/c1-3-4-5-6-7-12-28-17-8-9-18-16(13-17)10-11-23(18)20(25)19-14-21-15-24(19)22-29(2,26)27/h8-9,13-15,22H,3-7,10-12H2,1-2H3. The molecule has 3 rings (SSSR count). The van der Waals surface area contributed by atoms with E-state index in [1.54, 1.807) is 4.90 Å². The second-order valence-electron chi connectivity index (χ2n) is 7.27. The quantitative estimate of drug-likeness (QED) is 0.454. The van der Waals surface area contributed by atoms with Gasteiger partial charge in [0.15, 0.2) is 0 Å². The van der Waals surface area contributed by atoms with Crippen molar-refractivity contribution in [1.82, 2.24) is 9.66 Å². The monoisotopic (exact) mass is 436 g/mol. The van der Waals surface area contributed by atoms with Crippen molar-refractivity contribution in [2.75, 3.05) is 28.3 Å². The van der Waals surface area contributed by atoms with Gasteiger partial charge in [-0.2, -0.15) is 0 Å². The Morgan fingerprint density at radius 3 is 2.79 bits per heavy atom. The Labute approximate surface area is 176 Å². The van der Waals surface area contributed by atoms with Crippen molar-refractivity contribution in [3.05, 3.63) is 42.0 Å². The highest BCUT2D eigenvalue weighted by Gasteiger charge is 2.28. The molecule has 0 radical (unpaired) electrons. The summed E-state index contributed by atoms with van der Waals surface area (Å²) in [5.41, 5.74) is 2.22. The Bertz CT molecular complexity index is 956. The van der Waals surface area contributed by atoms with Gasteiger partial charge in [-0.05, 0) is 42.4 Å². The van der Waals surface area contributed by atoms with Crippen LogP contribution in [-0.2, 0) is 16.4 Å². The molecule has 1 aromatic heterocycles. The molecule has 29 heavy (non-hydrogen) atoms. The van der Waals surface area contributed by atoms with E-state index in [-0.39, 0.29) is 11.6 Å². The second-order valence-corrected chi connectivity index (χ2v) is 10.2. The maximum atomic E-state index is 13.0. The molecule has 0 saturated carbocycles. The minimum atomic E-state index is -3.51. The van der Waals surface area contributed by atoms with Crippen LogP contribution in [0.5, 0.6) is 0 Å². The average molecular weight is 437 g/mol. The van der Waals surface area contributed by atoms with E-state index in [1.165, 1.54) is 49.5 Å². The predicted octanol–water partition coefficient (Wildman–Crippen LogP) is 3.65. The maximum absolute atomic E-state index is 13.0. The zero-order chi connectivity index (χ0) is 20.9. The molecule has 158 valence electrons. The van der Waals surface area contributed by atoms with Crippen LogP contribution in [0.2, 0.25) is 0 Å². The van der Waals surface area contributed by atoms with Gasteiger partial charge in [-0.15, -0.1) is 11.8 Å². The summed E-state index contributed by atoms with van der Waals surface area (Å²) in [6, 6.07) is 6.23. The van der Waals surface area contributed by atoms with Crippen LogP contribution >= 0.6 is 11.8 Å². The molecule has 1 aliphatic rings. The number of aromatic nitrogens is 2. The Balaban J connectivity index is 1.64. The van der Waals surface area contributed by atoms with E-state index in [9.17, 15) is 13.2 Å². The lowest BCUT2D eigenvalue weighted by Crippen LogP contribution is -2.33. The molecule has 0 spiro atoms. The largest absolute Gasteiger partial charge is 0.306 e. The molecule has 1 aromatic carbocycles. The number of benzene rings is 1. The molecule has 1 amide bonds. The summed E-state index contributed by atoms with van der Waals surface area (Å²) in [7, 11) is -3.51. The van der Waals surface area contributed by atoms with Gasteiger partial charge in [-0.3, -0.25) is 4.79 Å². The van der Waals surface area contributed by atoms with Gasteiger partial charge in [-0.1, -0.05) is 32.6 Å². The van der Waals surface area contributed by atoms with E-state index >= 15 is 0 Å². The van der Waals surface area contributed by atoms with Gasteiger partial charge in [-0.25, -0.2) is 22.9 Å². The molecule has 1 aliphatic heterocycles. The summed E-state index contributed by atoms with van der Waals surface area (Å²) in [4.78, 5) is 22.1. The van der Waals surface area contributed by atoms with Gasteiger partial charge in [0.25, 0.3) is 5.91 Å². The van der Waals surface area contributed by atoms with Crippen molar-refractivity contribution in [2.45, 2.75) is 50.3 Å². The van der Waals surface area contributed by atoms with Crippen LogP contribution in [0.15, 0.2) is 35.6 Å². The molecule has 0 bridgehead atoms. The van der Waals surface area contributed by atoms with Crippen LogP contribution in [0.25, 0.3) is 0 Å². The summed E-state index contributed by atoms with van der Waals surface area (Å²) < 4.78 is 24.2. The summed E-state index contributed by atoms with van der Waals surface area (Å²) in [6.45, 7) is 2.80. The zero-order valence-corrected chi connectivity index (χ0v) is 18.6. The van der Waals surface area contributed by atoms with E-state index in [4.69, 9.17) is 0 Å². The number of carbonyl (C=O) groups excluding carboxylic acids is 1. The minimum Gasteiger partial charge on any atom is -0.306 e. The Kier molecular flexibility index (Phi) is 7.23. The van der Waals surface area contributed by atoms with Crippen LogP contribution in [-0.4, -0.2) is 42.5 Å². The van der Waals surface area contributed by atoms with Gasteiger partial charge in [0.1, 0.15) is 12.0 Å². The van der Waals surface area contributed by atoms with Crippen molar-refractivity contribution in [2.24, 2.45) is 0 Å². The van der Waals surface area contributed by atoms with Crippen molar-refractivity contribution >= 4 is 33.4 Å². The molecule has 7 nitrogen and oxygen atoms in total. The number of hydrogen-bond donors (Lipinski definition) is 1. The summed E-state index contributed by atoms with van der Waals surface area (Å²) in [5.74, 6) is 0.843. The molecule has 1 N–H and O–H groups in total. The highest BCUT2D eigenvalue weighted by Crippen LogP contribution is 2.33. The lowest BCUT2D eigenvalue weighted by atomic mass is 10.2. The molecule has 2 aromatic rings. The third-order valence-corrected chi connectivity index (χ3v) is 6.44. The van der Waals surface area contributed by atoms with Crippen molar-refractivity contribution in [1.29, 1.82) is 0 Å². The number of anilines is 1. The average Bonchev–Trinajstić information content (AvgIpc) is 3.29. The van der Waals surface area contributed by atoms with E-state index in [0.29, 0.717) is 6.54 Å². The highest BCUT2D eigenvalue weighted by atomic mass is 32.2. The normalized spacial score (nSPS) is 13.5. The number of thioether (sulfide) groups is 1. The number of carbonyl (C=O) groups is 1. The molecule has 0 atom stereocenters. The van der Waals surface area contributed by atoms with Crippen molar-refractivity contribution < 1.29 is 13.2 Å². The van der Waals surface area contributed by atoms with E-state index in [1.807, 2.05) is 17.8 Å². The number of sulfonamides is 1. The topological polar surface area (TPSA) is 84.3 Å². The molecule has 0 fully saturated rings. The molecule has 0 unspecified atom stereocenters. The number of rotatable bonds is 10. The SMILES string of the molecule is CCCCCCCSc1ccc2c(c1)CCN2C(=O)c1cncn1NS(C)(=O)=O. The molecule has 0 aliphatic carbocycles. The van der Waals surface area contributed by atoms with Crippen LogP contribution < -0.4 is 9.73 Å². The molecular weight excluding hydrogens is 408 g/mol. The van der Waals surface area contributed by atoms with Gasteiger partial charge >= 0.3 is 0 Å². The third-order valence-electron chi connectivity index (χ3n) is 4.83. The first-order chi connectivity index (χ1) is 13.9. The fourth-order valence-corrected chi connectivity index (χ4v) is 4.89. The van der Waals surface area contributed by atoms with E-state index in [2.05, 4.69) is 28.9 Å². The first-order valence-electron chi connectivity index (χ1n) is 9.97. The third kappa shape index (κ3) is 5.76. The molecular formula is C20H28N4O3S2. The number of nitrogens with one attached hydrogen (secondary N) is 1. The maximum Gasteiger partial charge on any atom is 0.278 e. The van der Waals surface area contributed by atoms with Crippen LogP contribution in [0, 0.1) is 0 Å². The summed E-state index contributed by atoms with van der Waals surface area (Å²) >= 11 is 1.87. The van der Waals surface area contributed by atoms with Gasteiger partial charge < -0.3 is 4.90 Å². The summed E-state index contributed by atoms with van der Waals surface area (Å²) in [5, 5.41) is 0. The van der Waals surface area contributed by atoms with Gasteiger partial charge in [0.05, 0.1) is 12.5 Å². The lowest BCUT2D eigenvalue weighted by molar-refractivity contribution is 0.0982. The Morgan fingerprint density at radius 2 is 2.03 bits per heavy atom. The number of imidazole rings is 1. The minimum absolute atomic E-state index is 0.189. The van der Waals surface area contributed by atoms with Crippen molar-refractivity contribution in [3.63, 3.8) is 0 Å². The highest BCUT2D eigenvalue weighted by molar-refractivity contribution is 7.99. The van der Waals surface area contributed by atoms with Crippen LogP contribution in [0.1, 0.15) is 55.1 Å². The zero-order valence-electron chi connectivity index (χ0n) is 16.9. The molecule has 0 saturated heterocycles. The van der Waals surface area contributed by atoms with Crippen LogP contribution in [0.3, 0.4) is 0 Å². The Morgan fingerprint density at radius 1 is 1.24 bits per heavy atom. The fraction of sp³-hybridized carbons (Fsp3) is 0.500. The van der Waals surface area contributed by atoms with Crippen LogP contribution in [0.4, 0.5) is 5.69 Å². The number of unbranched alkanes of at least 4 members (excludes halogenated alkanes) is 4. The molecule has 9 heteroatoms. The van der Waals surface area contributed by atoms with E-state index < -0.39 is 10.0 Å². The van der Waals surface area contributed by atoms with E-state index in [0.717, 1.165) is 34.4 Å². The summed E-state index contributed by atoms with van der Waals surface area (Å²) in [6.07, 6.45) is 10.9. The fourth-order valence-electron chi connectivity index (χ4n) is 3.42. The first-order valence-corrected chi connectivity index (χ1v) is 12.8. The number of fused-ring (bicyclic) bond motifs is 1. The lowest BCUT2D eigenvalue weighted by Gasteiger charge is -2.18. The predicted molar refractivity (Wildman–Crippen MR) is 118 cm³/mol.